The van der Waals surface area contributed by atoms with Gasteiger partial charge in [0.1, 0.15) is 17.5 Å². The number of nitrogens with one attached hydrogen (secondary N) is 1. The monoisotopic (exact) mass is 345 g/mol. The summed E-state index contributed by atoms with van der Waals surface area (Å²) >= 11 is 5.89. The first kappa shape index (κ1) is 17.1. The first-order valence-electron chi connectivity index (χ1n) is 6.53. The van der Waals surface area contributed by atoms with E-state index in [1.165, 1.54) is 42.5 Å². The second-order valence-corrected chi connectivity index (χ2v) is 5.00. The van der Waals surface area contributed by atoms with Crippen LogP contribution in [0.15, 0.2) is 48.0 Å². The maximum Gasteiger partial charge on any atom is 0.271 e. The van der Waals surface area contributed by atoms with Crippen LogP contribution in [0, 0.1) is 27.3 Å². The predicted molar refractivity (Wildman–Crippen MR) is 86.7 cm³/mol. The van der Waals surface area contributed by atoms with Crippen LogP contribution in [0.1, 0.15) is 5.56 Å². The van der Waals surface area contributed by atoms with Gasteiger partial charge in [0.15, 0.2) is 0 Å². The Balaban J connectivity index is 2.27. The SMILES string of the molecule is N#C/C(=C\c1ccc(F)cc1)C(=O)Nc1cc([N+](=O)[O-])ccc1Cl. The molecule has 120 valence electrons. The van der Waals surface area contributed by atoms with Gasteiger partial charge >= 0.3 is 0 Å². The average molecular weight is 346 g/mol. The van der Waals surface area contributed by atoms with E-state index in [9.17, 15) is 19.3 Å². The van der Waals surface area contributed by atoms with Crippen molar-refractivity contribution in [1.29, 1.82) is 5.26 Å². The molecular formula is C16H9ClFN3O3. The van der Waals surface area contributed by atoms with Gasteiger partial charge in [-0.1, -0.05) is 23.7 Å². The highest BCUT2D eigenvalue weighted by atomic mass is 35.5. The maximum atomic E-state index is 12.9. The second kappa shape index (κ2) is 7.35. The first-order valence-corrected chi connectivity index (χ1v) is 6.91. The molecule has 0 fully saturated rings. The zero-order chi connectivity index (χ0) is 17.7. The minimum Gasteiger partial charge on any atom is -0.320 e. The summed E-state index contributed by atoms with van der Waals surface area (Å²) in [6.45, 7) is 0. The molecule has 0 saturated heterocycles. The number of nitrogens with zero attached hydrogens (tertiary/aromatic N) is 2. The Morgan fingerprint density at radius 3 is 2.54 bits per heavy atom. The van der Waals surface area contributed by atoms with Crippen LogP contribution in [0.2, 0.25) is 5.02 Å². The zero-order valence-electron chi connectivity index (χ0n) is 12.0. The van der Waals surface area contributed by atoms with Crippen molar-refractivity contribution < 1.29 is 14.1 Å². The molecule has 24 heavy (non-hydrogen) atoms. The number of amides is 1. The number of nitriles is 1. The highest BCUT2D eigenvalue weighted by Crippen LogP contribution is 2.27. The van der Waals surface area contributed by atoms with Gasteiger partial charge in [0.25, 0.3) is 11.6 Å². The van der Waals surface area contributed by atoms with Gasteiger partial charge in [-0.3, -0.25) is 14.9 Å². The standard InChI is InChI=1S/C16H9ClFN3O3/c17-14-6-5-13(21(23)24)8-15(14)20-16(22)11(9-19)7-10-1-3-12(18)4-2-10/h1-8H,(H,20,22)/b11-7+. The van der Waals surface area contributed by atoms with Crippen LogP contribution in [0.3, 0.4) is 0 Å². The Bertz CT molecular complexity index is 873. The molecule has 0 radical (unpaired) electrons. The van der Waals surface area contributed by atoms with Crippen molar-refractivity contribution in [3.05, 3.63) is 74.6 Å². The van der Waals surface area contributed by atoms with E-state index in [0.29, 0.717) is 5.56 Å². The molecule has 2 aromatic rings. The van der Waals surface area contributed by atoms with Crippen molar-refractivity contribution in [3.8, 4) is 6.07 Å². The zero-order valence-corrected chi connectivity index (χ0v) is 12.7. The molecule has 0 aromatic heterocycles. The van der Waals surface area contributed by atoms with Gasteiger partial charge in [-0.25, -0.2) is 4.39 Å². The first-order chi connectivity index (χ1) is 11.4. The lowest BCUT2D eigenvalue weighted by Crippen LogP contribution is -2.14. The number of hydrogen-bond acceptors (Lipinski definition) is 4. The molecule has 0 atom stereocenters. The van der Waals surface area contributed by atoms with Crippen molar-refractivity contribution in [1.82, 2.24) is 0 Å². The predicted octanol–water partition coefficient (Wildman–Crippen LogP) is 3.93. The Hall–Kier alpha value is -3.24. The fourth-order valence-electron chi connectivity index (χ4n) is 1.79. The van der Waals surface area contributed by atoms with Gasteiger partial charge < -0.3 is 5.32 Å². The quantitative estimate of drug-likeness (QED) is 0.393. The third kappa shape index (κ3) is 4.15. The van der Waals surface area contributed by atoms with Gasteiger partial charge in [-0.2, -0.15) is 5.26 Å². The normalized spacial score (nSPS) is 10.8. The van der Waals surface area contributed by atoms with Crippen LogP contribution in [-0.4, -0.2) is 10.8 Å². The number of benzene rings is 2. The number of nitro groups is 1. The third-order valence-corrected chi connectivity index (χ3v) is 3.28. The number of nitro benzene ring substituents is 1. The number of anilines is 1. The minimum atomic E-state index is -0.788. The van der Waals surface area contributed by atoms with Crippen LogP contribution >= 0.6 is 11.6 Å². The van der Waals surface area contributed by atoms with Gasteiger partial charge in [0.05, 0.1) is 15.6 Å². The van der Waals surface area contributed by atoms with Gasteiger partial charge in [-0.15, -0.1) is 0 Å². The number of hydrogen-bond donors (Lipinski definition) is 1. The summed E-state index contributed by atoms with van der Waals surface area (Å²) in [6.07, 6.45) is 1.26. The Morgan fingerprint density at radius 1 is 1.29 bits per heavy atom. The minimum absolute atomic E-state index is 0.0103. The van der Waals surface area contributed by atoms with Crippen molar-refractivity contribution in [2.75, 3.05) is 5.32 Å². The Labute approximate surface area is 140 Å². The molecule has 0 aliphatic carbocycles. The van der Waals surface area contributed by atoms with Crippen LogP contribution in [0.4, 0.5) is 15.8 Å². The van der Waals surface area contributed by atoms with E-state index in [0.717, 1.165) is 6.07 Å². The van der Waals surface area contributed by atoms with Crippen LogP contribution < -0.4 is 5.32 Å². The molecule has 2 aromatic carbocycles. The second-order valence-electron chi connectivity index (χ2n) is 4.60. The number of carbonyl (C=O) groups is 1. The number of carbonyl (C=O) groups excluding carboxylic acids is 1. The lowest BCUT2D eigenvalue weighted by Gasteiger charge is -2.06. The van der Waals surface area contributed by atoms with Gasteiger partial charge in [-0.05, 0) is 29.8 Å². The van der Waals surface area contributed by atoms with E-state index in [1.807, 2.05) is 0 Å². The fraction of sp³-hybridized carbons (Fsp3) is 0. The Kier molecular flexibility index (Phi) is 5.24. The molecule has 6 nitrogen and oxygen atoms in total. The molecule has 0 aliphatic rings. The summed E-state index contributed by atoms with van der Waals surface area (Å²) in [5, 5.41) is 22.3. The van der Waals surface area contributed by atoms with Gasteiger partial charge in [0, 0.05) is 12.1 Å². The summed E-state index contributed by atoms with van der Waals surface area (Å²) in [4.78, 5) is 22.3. The number of rotatable bonds is 4. The summed E-state index contributed by atoms with van der Waals surface area (Å²) < 4.78 is 12.9. The highest BCUT2D eigenvalue weighted by molar-refractivity contribution is 6.34. The largest absolute Gasteiger partial charge is 0.320 e. The molecule has 8 heteroatoms. The Morgan fingerprint density at radius 2 is 1.96 bits per heavy atom. The van der Waals surface area contributed by atoms with E-state index >= 15 is 0 Å². The maximum absolute atomic E-state index is 12.9. The van der Waals surface area contributed by atoms with E-state index < -0.39 is 16.6 Å². The van der Waals surface area contributed by atoms with Crippen molar-refractivity contribution >= 4 is 35.0 Å². The van der Waals surface area contributed by atoms with Crippen molar-refractivity contribution in [2.24, 2.45) is 0 Å². The number of halogens is 2. The molecular weight excluding hydrogens is 337 g/mol. The smallest absolute Gasteiger partial charge is 0.271 e. The third-order valence-electron chi connectivity index (χ3n) is 2.96. The van der Waals surface area contributed by atoms with E-state index in [4.69, 9.17) is 16.9 Å². The molecule has 0 unspecified atom stereocenters. The molecule has 0 saturated carbocycles. The number of non-ortho nitro benzene ring substituents is 1. The van der Waals surface area contributed by atoms with Crippen molar-refractivity contribution in [3.63, 3.8) is 0 Å². The summed E-state index contributed by atoms with van der Waals surface area (Å²) in [7, 11) is 0. The summed E-state index contributed by atoms with van der Waals surface area (Å²) in [6, 6.07) is 10.5. The fourth-order valence-corrected chi connectivity index (χ4v) is 1.95. The molecule has 1 N–H and O–H groups in total. The molecule has 0 spiro atoms. The van der Waals surface area contributed by atoms with E-state index in [1.54, 1.807) is 6.07 Å². The average Bonchev–Trinajstić information content (AvgIpc) is 2.56. The molecule has 0 heterocycles. The van der Waals surface area contributed by atoms with Gasteiger partial charge in [0.2, 0.25) is 0 Å². The molecule has 0 bridgehead atoms. The van der Waals surface area contributed by atoms with E-state index in [2.05, 4.69) is 5.32 Å². The van der Waals surface area contributed by atoms with Crippen molar-refractivity contribution in [2.45, 2.75) is 0 Å². The lowest BCUT2D eigenvalue weighted by atomic mass is 10.1. The molecule has 1 amide bonds. The summed E-state index contributed by atoms with van der Waals surface area (Å²) in [5.74, 6) is -1.23. The van der Waals surface area contributed by atoms with Crippen LogP contribution in [0.25, 0.3) is 6.08 Å². The highest BCUT2D eigenvalue weighted by Gasteiger charge is 2.15. The van der Waals surface area contributed by atoms with E-state index in [-0.39, 0.29) is 22.0 Å². The molecule has 2 rings (SSSR count). The summed E-state index contributed by atoms with van der Waals surface area (Å²) in [5.41, 5.74) is -0.0516. The lowest BCUT2D eigenvalue weighted by molar-refractivity contribution is -0.384. The van der Waals surface area contributed by atoms with Crippen LogP contribution in [0.5, 0.6) is 0 Å². The molecule has 0 aliphatic heterocycles. The topological polar surface area (TPSA) is 96.0 Å². The van der Waals surface area contributed by atoms with Crippen LogP contribution in [-0.2, 0) is 4.79 Å².